The predicted molar refractivity (Wildman–Crippen MR) is 117 cm³/mol. The molecule has 2 aliphatic rings. The highest BCUT2D eigenvalue weighted by atomic mass is 35.5. The first-order chi connectivity index (χ1) is 14.9. The number of fused-ring (bicyclic) bond motifs is 1. The van der Waals surface area contributed by atoms with Crippen molar-refractivity contribution in [3.63, 3.8) is 0 Å². The van der Waals surface area contributed by atoms with E-state index >= 15 is 0 Å². The molecule has 3 heterocycles. The van der Waals surface area contributed by atoms with Gasteiger partial charge < -0.3 is 20.6 Å². The second-order valence-electron chi connectivity index (χ2n) is 7.82. The molecule has 1 aromatic carbocycles. The summed E-state index contributed by atoms with van der Waals surface area (Å²) in [7, 11) is 0. The van der Waals surface area contributed by atoms with Gasteiger partial charge in [0.25, 0.3) is 0 Å². The maximum Gasteiger partial charge on any atom is 0.182 e. The van der Waals surface area contributed by atoms with Crippen molar-refractivity contribution in [3.05, 3.63) is 52.8 Å². The van der Waals surface area contributed by atoms with Crippen molar-refractivity contribution in [2.75, 3.05) is 16.8 Å². The maximum atomic E-state index is 14.5. The lowest BCUT2D eigenvalue weighted by molar-refractivity contribution is 0.194. The summed E-state index contributed by atoms with van der Waals surface area (Å²) in [6.07, 6.45) is 3.38. The highest BCUT2D eigenvalue weighted by Gasteiger charge is 2.35. The fraction of sp³-hybridized carbons (Fsp3) is 0.350. The number of aromatic nitrogens is 3. The lowest BCUT2D eigenvalue weighted by Gasteiger charge is -2.26. The molecule has 2 fully saturated rings. The number of halogens is 3. The van der Waals surface area contributed by atoms with Crippen molar-refractivity contribution in [1.29, 1.82) is 0 Å². The Morgan fingerprint density at radius 2 is 2.06 bits per heavy atom. The third-order valence-corrected chi connectivity index (χ3v) is 5.95. The second-order valence-corrected chi connectivity index (χ2v) is 8.58. The Balaban J connectivity index is 1.50. The Morgan fingerprint density at radius 3 is 2.84 bits per heavy atom. The van der Waals surface area contributed by atoms with Crippen molar-refractivity contribution >= 4 is 46.1 Å². The molecule has 7 nitrogen and oxygen atoms in total. The molecule has 1 aliphatic carbocycles. The Labute approximate surface area is 187 Å². The fourth-order valence-electron chi connectivity index (χ4n) is 3.85. The molecule has 0 unspecified atom stereocenters. The van der Waals surface area contributed by atoms with Crippen LogP contribution in [0, 0.1) is 11.6 Å². The predicted octanol–water partition coefficient (Wildman–Crippen LogP) is 3.42. The molecule has 3 aromatic rings. The number of aliphatic hydroxyl groups is 1. The summed E-state index contributed by atoms with van der Waals surface area (Å²) >= 11 is 11.6. The van der Waals surface area contributed by atoms with Crippen LogP contribution < -0.4 is 15.5 Å². The quantitative estimate of drug-likeness (QED) is 0.511. The van der Waals surface area contributed by atoms with Crippen molar-refractivity contribution in [2.24, 2.45) is 0 Å². The van der Waals surface area contributed by atoms with Crippen molar-refractivity contribution in [2.45, 2.75) is 37.5 Å². The minimum atomic E-state index is -0.702. The molecule has 3 N–H and O–H groups in total. The van der Waals surface area contributed by atoms with Crippen molar-refractivity contribution < 1.29 is 13.9 Å². The number of benzene rings is 1. The van der Waals surface area contributed by atoms with Gasteiger partial charge in [-0.25, -0.2) is 18.3 Å². The number of hydrogen-bond donors (Lipinski definition) is 3. The molecule has 0 radical (unpaired) electrons. The highest BCUT2D eigenvalue weighted by molar-refractivity contribution is 7.80. The highest BCUT2D eigenvalue weighted by Crippen LogP contribution is 2.38. The smallest absolute Gasteiger partial charge is 0.182 e. The number of aliphatic hydroxyl groups excluding tert-OH is 1. The van der Waals surface area contributed by atoms with Gasteiger partial charge >= 0.3 is 0 Å². The molecule has 1 saturated carbocycles. The number of nitrogens with zero attached hydrogens (tertiary/aromatic N) is 4. The van der Waals surface area contributed by atoms with E-state index in [-0.39, 0.29) is 23.7 Å². The van der Waals surface area contributed by atoms with Gasteiger partial charge in [0.05, 0.1) is 12.1 Å². The van der Waals surface area contributed by atoms with Crippen LogP contribution >= 0.6 is 23.8 Å². The van der Waals surface area contributed by atoms with E-state index in [0.29, 0.717) is 28.3 Å². The first kappa shape index (κ1) is 20.3. The van der Waals surface area contributed by atoms with E-state index in [2.05, 4.69) is 20.7 Å². The summed E-state index contributed by atoms with van der Waals surface area (Å²) < 4.78 is 29.8. The lowest BCUT2D eigenvalue weighted by atomic mass is 10.0. The molecule has 0 spiro atoms. The van der Waals surface area contributed by atoms with Crippen molar-refractivity contribution in [3.8, 4) is 0 Å². The van der Waals surface area contributed by atoms with E-state index < -0.39 is 23.8 Å². The van der Waals surface area contributed by atoms with Gasteiger partial charge in [-0.2, -0.15) is 5.10 Å². The normalized spacial score (nSPS) is 21.0. The Bertz CT molecular complexity index is 1170. The number of rotatable bonds is 4. The average Bonchev–Trinajstić information content (AvgIpc) is 3.38. The zero-order valence-electron chi connectivity index (χ0n) is 16.2. The molecule has 5 rings (SSSR count). The van der Waals surface area contributed by atoms with Gasteiger partial charge in [0.15, 0.2) is 15.9 Å². The summed E-state index contributed by atoms with van der Waals surface area (Å²) in [6.45, 7) is 0.232. The van der Waals surface area contributed by atoms with Crippen LogP contribution in [0.15, 0.2) is 30.5 Å². The lowest BCUT2D eigenvalue weighted by Crippen LogP contribution is -2.30. The first-order valence-corrected chi connectivity index (χ1v) is 10.7. The van der Waals surface area contributed by atoms with Gasteiger partial charge in [0, 0.05) is 24.3 Å². The average molecular weight is 465 g/mol. The third-order valence-electron chi connectivity index (χ3n) is 5.47. The van der Waals surface area contributed by atoms with E-state index in [0.717, 1.165) is 31.0 Å². The molecule has 2 aromatic heterocycles. The SMILES string of the molecule is O[C@@H]1C[C@H](c2cc(F)ccc2F)N(c2ccn3nc(Cl)c(NC(=S)NC4CC4)c3n2)C1. The number of nitrogens with one attached hydrogen (secondary N) is 2. The van der Waals surface area contributed by atoms with Gasteiger partial charge in [0.1, 0.15) is 23.1 Å². The summed E-state index contributed by atoms with van der Waals surface area (Å²) in [4.78, 5) is 6.41. The molecule has 0 amide bonds. The van der Waals surface area contributed by atoms with E-state index in [1.165, 1.54) is 4.52 Å². The monoisotopic (exact) mass is 464 g/mol. The Morgan fingerprint density at radius 1 is 1.26 bits per heavy atom. The van der Waals surface area contributed by atoms with E-state index in [4.69, 9.17) is 23.8 Å². The number of hydrogen-bond acceptors (Lipinski definition) is 5. The van der Waals surface area contributed by atoms with Crippen LogP contribution in [0.1, 0.15) is 30.9 Å². The summed E-state index contributed by atoms with van der Waals surface area (Å²) in [6, 6.07) is 4.84. The van der Waals surface area contributed by atoms with E-state index in [9.17, 15) is 13.9 Å². The topological polar surface area (TPSA) is 77.7 Å². The van der Waals surface area contributed by atoms with Crippen LogP contribution in [-0.4, -0.2) is 43.5 Å². The standard InChI is InChI=1S/C20H19ClF2N6OS/c21-18-17(26-20(31)24-11-2-3-11)19-25-16(5-6-29(19)27-18)28-9-12(30)8-15(28)13-7-10(22)1-4-14(13)23/h1,4-7,11-12,15,30H,2-3,8-9H2,(H2,24,26,31)/t12-,15-/m1/s1. The Kier molecular flexibility index (Phi) is 5.15. The van der Waals surface area contributed by atoms with Crippen LogP contribution in [0.25, 0.3) is 5.65 Å². The molecule has 162 valence electrons. The molecular formula is C20H19ClF2N6OS. The molecule has 1 saturated heterocycles. The van der Waals surface area contributed by atoms with Crippen LogP contribution in [-0.2, 0) is 0 Å². The second kappa shape index (κ2) is 7.85. The molecule has 1 aliphatic heterocycles. The summed E-state index contributed by atoms with van der Waals surface area (Å²) in [5.41, 5.74) is 1.06. The van der Waals surface area contributed by atoms with Crippen LogP contribution in [0.3, 0.4) is 0 Å². The van der Waals surface area contributed by atoms with Crippen molar-refractivity contribution in [1.82, 2.24) is 19.9 Å². The van der Waals surface area contributed by atoms with Crippen LogP contribution in [0.5, 0.6) is 0 Å². The summed E-state index contributed by atoms with van der Waals surface area (Å²) in [5.74, 6) is -0.580. The third kappa shape index (κ3) is 4.02. The number of anilines is 2. The molecule has 0 bridgehead atoms. The van der Waals surface area contributed by atoms with Gasteiger partial charge in [-0.3, -0.25) is 0 Å². The van der Waals surface area contributed by atoms with Gasteiger partial charge in [-0.1, -0.05) is 11.6 Å². The fourth-order valence-corrected chi connectivity index (χ4v) is 4.34. The molecule has 2 atom stereocenters. The number of β-amino-alcohol motifs (C(OH)–C–C–N with tert-alkyl or cyclic N) is 1. The largest absolute Gasteiger partial charge is 0.391 e. The zero-order valence-corrected chi connectivity index (χ0v) is 17.8. The van der Waals surface area contributed by atoms with Gasteiger partial charge in [0.2, 0.25) is 0 Å². The van der Waals surface area contributed by atoms with Gasteiger partial charge in [-0.05, 0) is 55.7 Å². The molecule has 31 heavy (non-hydrogen) atoms. The molecule has 11 heteroatoms. The first-order valence-electron chi connectivity index (χ1n) is 9.91. The zero-order chi connectivity index (χ0) is 21.7. The van der Waals surface area contributed by atoms with Crippen LogP contribution in [0.2, 0.25) is 5.15 Å². The van der Waals surface area contributed by atoms with E-state index in [1.54, 1.807) is 17.2 Å². The van der Waals surface area contributed by atoms with Gasteiger partial charge in [-0.15, -0.1) is 0 Å². The Hall–Kier alpha value is -2.56. The summed E-state index contributed by atoms with van der Waals surface area (Å²) in [5, 5.41) is 21.4. The van der Waals surface area contributed by atoms with E-state index in [1.807, 2.05) is 0 Å². The van der Waals surface area contributed by atoms with Crippen LogP contribution in [0.4, 0.5) is 20.3 Å². The molecular weight excluding hydrogens is 446 g/mol. The maximum absolute atomic E-state index is 14.5. The minimum Gasteiger partial charge on any atom is -0.391 e. The minimum absolute atomic E-state index is 0.179. The number of thiocarbonyl (C=S) groups is 1.